The fraction of sp³-hybridized carbons (Fsp3) is 0.125. The molecule has 0 saturated heterocycles. The van der Waals surface area contributed by atoms with Crippen LogP contribution in [0.5, 0.6) is 0 Å². The lowest BCUT2D eigenvalue weighted by molar-refractivity contribution is -0.112. The van der Waals surface area contributed by atoms with Crippen molar-refractivity contribution < 1.29 is 4.79 Å². The van der Waals surface area contributed by atoms with E-state index in [0.29, 0.717) is 0 Å². The fourth-order valence-electron chi connectivity index (χ4n) is 0.615. The summed E-state index contributed by atoms with van der Waals surface area (Å²) >= 11 is 7.19. The molecule has 0 radical (unpaired) electrons. The predicted octanol–water partition coefficient (Wildman–Crippen LogP) is 3.00. The zero-order valence-corrected chi connectivity index (χ0v) is 7.58. The molecule has 0 aromatic carbocycles. The molecule has 0 aliphatic rings. The van der Waals surface area contributed by atoms with Crippen LogP contribution in [0, 0.1) is 0 Å². The van der Waals surface area contributed by atoms with Gasteiger partial charge >= 0.3 is 0 Å². The Hall–Kier alpha value is -0.600. The number of carbonyl (C=O) groups excluding carboxylic acids is 1. The van der Waals surface area contributed by atoms with E-state index < -0.39 is 0 Å². The number of ketones is 1. The average Bonchev–Trinajstić information content (AvgIpc) is 2.31. The normalized spacial score (nSPS) is 10.7. The summed E-state index contributed by atoms with van der Waals surface area (Å²) in [5.74, 6) is 0.0505. The molecule has 0 saturated carbocycles. The maximum Gasteiger partial charge on any atom is 0.152 e. The summed E-state index contributed by atoms with van der Waals surface area (Å²) in [7, 11) is 0. The van der Waals surface area contributed by atoms with Gasteiger partial charge in [-0.3, -0.25) is 4.79 Å². The van der Waals surface area contributed by atoms with Crippen LogP contribution < -0.4 is 0 Å². The van der Waals surface area contributed by atoms with Gasteiger partial charge in [0.1, 0.15) is 0 Å². The van der Waals surface area contributed by atoms with Crippen molar-refractivity contribution in [2.45, 2.75) is 6.92 Å². The van der Waals surface area contributed by atoms with Gasteiger partial charge in [-0.25, -0.2) is 0 Å². The molecule has 1 rings (SSSR count). The molecule has 0 N–H and O–H groups in total. The summed E-state index contributed by atoms with van der Waals surface area (Å²) < 4.78 is 0. The van der Waals surface area contributed by atoms with Gasteiger partial charge in [0, 0.05) is 10.3 Å². The molecule has 0 aliphatic heterocycles. The molecule has 0 atom stereocenters. The molecule has 0 fully saturated rings. The smallest absolute Gasteiger partial charge is 0.152 e. The van der Waals surface area contributed by atoms with Crippen molar-refractivity contribution in [2.24, 2.45) is 0 Å². The van der Waals surface area contributed by atoms with Crippen LogP contribution in [0.15, 0.2) is 17.5 Å². The number of halogens is 1. The van der Waals surface area contributed by atoms with Gasteiger partial charge in [-0.1, -0.05) is 11.6 Å². The van der Waals surface area contributed by atoms with E-state index in [1.807, 2.05) is 11.4 Å². The molecule has 58 valence electrons. The van der Waals surface area contributed by atoms with Crippen LogP contribution in [0.2, 0.25) is 5.02 Å². The number of rotatable bonds is 2. The molecule has 0 aliphatic carbocycles. The highest BCUT2D eigenvalue weighted by Gasteiger charge is 1.92. The molecule has 11 heavy (non-hydrogen) atoms. The number of hydrogen-bond acceptors (Lipinski definition) is 2. The molecule has 0 bridgehead atoms. The molecule has 0 unspecified atom stereocenters. The van der Waals surface area contributed by atoms with E-state index >= 15 is 0 Å². The van der Waals surface area contributed by atoms with Crippen LogP contribution in [0.3, 0.4) is 0 Å². The van der Waals surface area contributed by atoms with Crippen LogP contribution in [0.1, 0.15) is 11.8 Å². The van der Waals surface area contributed by atoms with Crippen molar-refractivity contribution in [3.8, 4) is 0 Å². The first-order valence-electron chi connectivity index (χ1n) is 3.11. The van der Waals surface area contributed by atoms with E-state index in [-0.39, 0.29) is 5.78 Å². The highest BCUT2D eigenvalue weighted by Crippen LogP contribution is 2.19. The third-order valence-corrected chi connectivity index (χ3v) is 2.32. The average molecular weight is 187 g/mol. The van der Waals surface area contributed by atoms with Gasteiger partial charge in [-0.15, -0.1) is 11.3 Å². The molecule has 1 aromatic heterocycles. The van der Waals surface area contributed by atoms with Gasteiger partial charge in [0.15, 0.2) is 5.78 Å². The largest absolute Gasteiger partial charge is 0.295 e. The first-order valence-corrected chi connectivity index (χ1v) is 4.37. The Morgan fingerprint density at radius 1 is 1.73 bits per heavy atom. The second-order valence-corrected chi connectivity index (χ2v) is 3.49. The summed E-state index contributed by atoms with van der Waals surface area (Å²) in [5, 5.41) is 2.56. The Bertz CT molecular complexity index is 288. The minimum Gasteiger partial charge on any atom is -0.295 e. The van der Waals surface area contributed by atoms with Gasteiger partial charge in [0.05, 0.1) is 5.02 Å². The monoisotopic (exact) mass is 186 g/mol. The quantitative estimate of drug-likeness (QED) is 0.649. The van der Waals surface area contributed by atoms with Crippen LogP contribution >= 0.6 is 22.9 Å². The standard InChI is InChI=1S/C8H7ClOS/c1-6(10)2-3-8-4-7(9)5-11-8/h2-5H,1H3/b3-2+. The Labute approximate surface area is 74.3 Å². The number of allylic oxidation sites excluding steroid dienone is 1. The van der Waals surface area contributed by atoms with Crippen LogP contribution in [0.4, 0.5) is 0 Å². The Kier molecular flexibility index (Phi) is 2.85. The predicted molar refractivity (Wildman–Crippen MR) is 49.0 cm³/mol. The van der Waals surface area contributed by atoms with E-state index in [4.69, 9.17) is 11.6 Å². The molecule has 1 heterocycles. The number of hydrogen-bond donors (Lipinski definition) is 0. The Morgan fingerprint density at radius 2 is 2.45 bits per heavy atom. The van der Waals surface area contributed by atoms with Crippen LogP contribution in [0.25, 0.3) is 6.08 Å². The zero-order valence-electron chi connectivity index (χ0n) is 6.00. The van der Waals surface area contributed by atoms with Crippen molar-refractivity contribution in [3.05, 3.63) is 27.4 Å². The van der Waals surface area contributed by atoms with Gasteiger partial charge in [-0.2, -0.15) is 0 Å². The molecule has 1 nitrogen and oxygen atoms in total. The summed E-state index contributed by atoms with van der Waals surface area (Å²) in [6.07, 6.45) is 3.29. The molecule has 0 spiro atoms. The summed E-state index contributed by atoms with van der Waals surface area (Å²) in [6, 6.07) is 1.83. The van der Waals surface area contributed by atoms with E-state index in [0.717, 1.165) is 9.90 Å². The molecular formula is C8H7ClOS. The molecular weight excluding hydrogens is 180 g/mol. The van der Waals surface area contributed by atoms with E-state index in [2.05, 4.69) is 0 Å². The number of carbonyl (C=O) groups is 1. The van der Waals surface area contributed by atoms with Gasteiger partial charge in [0.2, 0.25) is 0 Å². The van der Waals surface area contributed by atoms with Gasteiger partial charge in [-0.05, 0) is 25.1 Å². The highest BCUT2D eigenvalue weighted by atomic mass is 35.5. The zero-order chi connectivity index (χ0) is 8.27. The summed E-state index contributed by atoms with van der Waals surface area (Å²) in [4.78, 5) is 11.5. The van der Waals surface area contributed by atoms with Crippen molar-refractivity contribution in [3.63, 3.8) is 0 Å². The highest BCUT2D eigenvalue weighted by molar-refractivity contribution is 7.11. The summed E-state index contributed by atoms with van der Waals surface area (Å²) in [6.45, 7) is 1.52. The van der Waals surface area contributed by atoms with Crippen LogP contribution in [-0.4, -0.2) is 5.78 Å². The number of thiophene rings is 1. The lowest BCUT2D eigenvalue weighted by Crippen LogP contribution is -1.77. The second-order valence-electron chi connectivity index (χ2n) is 2.11. The second kappa shape index (κ2) is 3.69. The SMILES string of the molecule is CC(=O)/C=C/c1cc(Cl)cs1. The summed E-state index contributed by atoms with van der Waals surface area (Å²) in [5.41, 5.74) is 0. The lowest BCUT2D eigenvalue weighted by atomic mass is 10.3. The van der Waals surface area contributed by atoms with Gasteiger partial charge in [0.25, 0.3) is 0 Å². The molecule has 3 heteroatoms. The van der Waals surface area contributed by atoms with E-state index in [1.54, 1.807) is 6.08 Å². The topological polar surface area (TPSA) is 17.1 Å². The Morgan fingerprint density at radius 3 is 2.91 bits per heavy atom. The third-order valence-electron chi connectivity index (χ3n) is 1.07. The maximum absolute atomic E-state index is 10.5. The first-order chi connectivity index (χ1) is 5.18. The van der Waals surface area contributed by atoms with Crippen molar-refractivity contribution in [1.29, 1.82) is 0 Å². The Balaban J connectivity index is 2.71. The van der Waals surface area contributed by atoms with E-state index in [1.165, 1.54) is 24.3 Å². The van der Waals surface area contributed by atoms with Crippen molar-refractivity contribution in [2.75, 3.05) is 0 Å². The van der Waals surface area contributed by atoms with Gasteiger partial charge < -0.3 is 0 Å². The fourth-order valence-corrected chi connectivity index (χ4v) is 1.59. The minimum atomic E-state index is 0.0505. The van der Waals surface area contributed by atoms with Crippen LogP contribution in [-0.2, 0) is 4.79 Å². The molecule has 0 amide bonds. The van der Waals surface area contributed by atoms with Crippen molar-refractivity contribution in [1.82, 2.24) is 0 Å². The minimum absolute atomic E-state index is 0.0505. The van der Waals surface area contributed by atoms with Crippen molar-refractivity contribution >= 4 is 34.8 Å². The first kappa shape index (κ1) is 8.50. The molecule has 1 aromatic rings. The maximum atomic E-state index is 10.5. The van der Waals surface area contributed by atoms with E-state index in [9.17, 15) is 4.79 Å². The third kappa shape index (κ3) is 2.87. The lowest BCUT2D eigenvalue weighted by Gasteiger charge is -1.79.